The van der Waals surface area contributed by atoms with Crippen LogP contribution < -0.4 is 9.46 Å². The van der Waals surface area contributed by atoms with E-state index in [0.717, 1.165) is 11.3 Å². The van der Waals surface area contributed by atoms with Gasteiger partial charge < -0.3 is 4.74 Å². The first-order valence-corrected chi connectivity index (χ1v) is 7.76. The van der Waals surface area contributed by atoms with Gasteiger partial charge in [0.25, 0.3) is 0 Å². The highest BCUT2D eigenvalue weighted by Crippen LogP contribution is 2.33. The number of ether oxygens (including phenoxy) is 1. The standard InChI is InChI=1S/C13H19NO3S/c1-4-18(15,16)14-12-9-10-7-5-6-8-11(10)17-13(12,2)3/h5-8,12,14H,4,9H2,1-3H3. The second-order valence-electron chi connectivity index (χ2n) is 5.09. The van der Waals surface area contributed by atoms with Crippen molar-refractivity contribution in [3.8, 4) is 5.75 Å². The fourth-order valence-electron chi connectivity index (χ4n) is 2.08. The highest BCUT2D eigenvalue weighted by atomic mass is 32.2. The molecule has 1 aromatic rings. The Labute approximate surface area is 108 Å². The van der Waals surface area contributed by atoms with Crippen LogP contribution >= 0.6 is 0 Å². The molecule has 0 aromatic heterocycles. The van der Waals surface area contributed by atoms with Crippen molar-refractivity contribution < 1.29 is 13.2 Å². The maximum absolute atomic E-state index is 11.7. The number of hydrogen-bond acceptors (Lipinski definition) is 3. The first-order valence-electron chi connectivity index (χ1n) is 6.11. The van der Waals surface area contributed by atoms with Crippen LogP contribution in [0, 0.1) is 0 Å². The zero-order valence-corrected chi connectivity index (χ0v) is 11.8. The van der Waals surface area contributed by atoms with Crippen LogP contribution in [0.4, 0.5) is 0 Å². The maximum Gasteiger partial charge on any atom is 0.211 e. The molecule has 1 aromatic carbocycles. The summed E-state index contributed by atoms with van der Waals surface area (Å²) in [7, 11) is -3.22. The largest absolute Gasteiger partial charge is 0.486 e. The van der Waals surface area contributed by atoms with Gasteiger partial charge in [-0.15, -0.1) is 0 Å². The van der Waals surface area contributed by atoms with Crippen LogP contribution in [0.5, 0.6) is 5.75 Å². The average Bonchev–Trinajstić information content (AvgIpc) is 2.29. The highest BCUT2D eigenvalue weighted by molar-refractivity contribution is 7.89. The molecule has 1 aliphatic rings. The third-order valence-corrected chi connectivity index (χ3v) is 4.71. The summed E-state index contributed by atoms with van der Waals surface area (Å²) in [5.74, 6) is 0.927. The van der Waals surface area contributed by atoms with E-state index in [2.05, 4.69) is 4.72 Å². The summed E-state index contributed by atoms with van der Waals surface area (Å²) < 4.78 is 32.0. The fourth-order valence-corrected chi connectivity index (χ4v) is 3.04. The zero-order valence-electron chi connectivity index (χ0n) is 10.9. The van der Waals surface area contributed by atoms with Crippen molar-refractivity contribution in [2.45, 2.75) is 38.8 Å². The lowest BCUT2D eigenvalue weighted by atomic mass is 9.89. The van der Waals surface area contributed by atoms with Crippen molar-refractivity contribution >= 4 is 10.0 Å². The number of para-hydroxylation sites is 1. The van der Waals surface area contributed by atoms with Crippen molar-refractivity contribution in [2.75, 3.05) is 5.75 Å². The van der Waals surface area contributed by atoms with Gasteiger partial charge in [0.1, 0.15) is 11.4 Å². The number of rotatable bonds is 3. The highest BCUT2D eigenvalue weighted by Gasteiger charge is 2.38. The van der Waals surface area contributed by atoms with Gasteiger partial charge in [0.2, 0.25) is 10.0 Å². The Morgan fingerprint density at radius 3 is 2.72 bits per heavy atom. The molecule has 5 heteroatoms. The van der Waals surface area contributed by atoms with Crippen LogP contribution in [0.25, 0.3) is 0 Å². The molecule has 2 rings (SSSR count). The molecule has 4 nitrogen and oxygen atoms in total. The summed E-state index contributed by atoms with van der Waals surface area (Å²) in [5.41, 5.74) is 0.497. The summed E-state index contributed by atoms with van der Waals surface area (Å²) >= 11 is 0. The van der Waals surface area contributed by atoms with E-state index in [-0.39, 0.29) is 11.8 Å². The second kappa shape index (κ2) is 4.55. The Morgan fingerprint density at radius 1 is 1.39 bits per heavy atom. The van der Waals surface area contributed by atoms with Gasteiger partial charge in [-0.05, 0) is 38.8 Å². The monoisotopic (exact) mass is 269 g/mol. The predicted octanol–water partition coefficient (Wildman–Crippen LogP) is 1.71. The Balaban J connectivity index is 2.28. The van der Waals surface area contributed by atoms with Gasteiger partial charge >= 0.3 is 0 Å². The van der Waals surface area contributed by atoms with Crippen LogP contribution in [-0.4, -0.2) is 25.8 Å². The predicted molar refractivity (Wildman–Crippen MR) is 71.2 cm³/mol. The van der Waals surface area contributed by atoms with Crippen molar-refractivity contribution in [1.29, 1.82) is 0 Å². The van der Waals surface area contributed by atoms with Crippen LogP contribution in [-0.2, 0) is 16.4 Å². The number of nitrogens with one attached hydrogen (secondary N) is 1. The minimum atomic E-state index is -3.22. The third-order valence-electron chi connectivity index (χ3n) is 3.31. The smallest absolute Gasteiger partial charge is 0.211 e. The SMILES string of the molecule is CCS(=O)(=O)NC1Cc2ccccc2OC1(C)C. The number of sulfonamides is 1. The molecule has 0 amide bonds. The van der Waals surface area contributed by atoms with Gasteiger partial charge in [0.15, 0.2) is 0 Å². The molecule has 1 unspecified atom stereocenters. The van der Waals surface area contributed by atoms with E-state index >= 15 is 0 Å². The molecule has 1 aliphatic heterocycles. The average molecular weight is 269 g/mol. The van der Waals surface area contributed by atoms with E-state index < -0.39 is 15.6 Å². The zero-order chi connectivity index (χ0) is 13.4. The minimum absolute atomic E-state index is 0.0846. The summed E-state index contributed by atoms with van der Waals surface area (Å²) in [5, 5.41) is 0. The number of hydrogen-bond donors (Lipinski definition) is 1. The lowest BCUT2D eigenvalue weighted by molar-refractivity contribution is 0.0575. The van der Waals surface area contributed by atoms with Crippen molar-refractivity contribution in [1.82, 2.24) is 4.72 Å². The van der Waals surface area contributed by atoms with E-state index in [1.165, 1.54) is 0 Å². The minimum Gasteiger partial charge on any atom is -0.486 e. The van der Waals surface area contributed by atoms with Crippen LogP contribution in [0.15, 0.2) is 24.3 Å². The van der Waals surface area contributed by atoms with Crippen molar-refractivity contribution in [3.05, 3.63) is 29.8 Å². The van der Waals surface area contributed by atoms with Gasteiger partial charge in [0.05, 0.1) is 11.8 Å². The molecule has 0 saturated heterocycles. The van der Waals surface area contributed by atoms with E-state index in [1.807, 2.05) is 38.1 Å². The summed E-state index contributed by atoms with van der Waals surface area (Å²) in [6, 6.07) is 7.51. The van der Waals surface area contributed by atoms with Gasteiger partial charge in [0, 0.05) is 0 Å². The number of benzene rings is 1. The molecule has 100 valence electrons. The van der Waals surface area contributed by atoms with E-state index in [9.17, 15) is 8.42 Å². The Bertz CT molecular complexity index is 537. The molecule has 1 atom stereocenters. The third kappa shape index (κ3) is 2.67. The molecular weight excluding hydrogens is 250 g/mol. The summed E-state index contributed by atoms with van der Waals surface area (Å²) in [4.78, 5) is 0. The molecule has 0 aliphatic carbocycles. The van der Waals surface area contributed by atoms with Crippen LogP contribution in [0.3, 0.4) is 0 Å². The van der Waals surface area contributed by atoms with Gasteiger partial charge in [-0.25, -0.2) is 13.1 Å². The van der Waals surface area contributed by atoms with E-state index in [4.69, 9.17) is 4.74 Å². The molecule has 18 heavy (non-hydrogen) atoms. The normalized spacial score (nSPS) is 22.1. The quantitative estimate of drug-likeness (QED) is 0.909. The van der Waals surface area contributed by atoms with Crippen molar-refractivity contribution in [3.63, 3.8) is 0 Å². The Hall–Kier alpha value is -1.07. The van der Waals surface area contributed by atoms with Crippen LogP contribution in [0.2, 0.25) is 0 Å². The molecular formula is C13H19NO3S. The fraction of sp³-hybridized carbons (Fsp3) is 0.538. The molecule has 1 heterocycles. The topological polar surface area (TPSA) is 55.4 Å². The lowest BCUT2D eigenvalue weighted by Gasteiger charge is -2.40. The maximum atomic E-state index is 11.7. The molecule has 0 radical (unpaired) electrons. The van der Waals surface area contributed by atoms with E-state index in [1.54, 1.807) is 6.92 Å². The molecule has 0 saturated carbocycles. The van der Waals surface area contributed by atoms with Gasteiger partial charge in [-0.1, -0.05) is 18.2 Å². The van der Waals surface area contributed by atoms with Crippen molar-refractivity contribution in [2.24, 2.45) is 0 Å². The van der Waals surface area contributed by atoms with E-state index in [0.29, 0.717) is 6.42 Å². The van der Waals surface area contributed by atoms with Gasteiger partial charge in [-0.3, -0.25) is 0 Å². The van der Waals surface area contributed by atoms with Gasteiger partial charge in [-0.2, -0.15) is 0 Å². The molecule has 1 N–H and O–H groups in total. The summed E-state index contributed by atoms with van der Waals surface area (Å²) in [6.45, 7) is 5.45. The second-order valence-corrected chi connectivity index (χ2v) is 7.13. The molecule has 0 spiro atoms. The Kier molecular flexibility index (Phi) is 3.38. The Morgan fingerprint density at radius 2 is 2.06 bits per heavy atom. The number of fused-ring (bicyclic) bond motifs is 1. The first kappa shape index (κ1) is 13.4. The van der Waals surface area contributed by atoms with Crippen LogP contribution in [0.1, 0.15) is 26.3 Å². The summed E-state index contributed by atoms with van der Waals surface area (Å²) in [6.07, 6.45) is 0.655. The molecule has 0 fully saturated rings. The first-order chi connectivity index (χ1) is 8.34. The molecule has 0 bridgehead atoms. The lowest BCUT2D eigenvalue weighted by Crippen LogP contribution is -2.55.